The minimum atomic E-state index is -0.907. The molecule has 0 unspecified atom stereocenters. The van der Waals surface area contributed by atoms with E-state index < -0.39 is 12.0 Å². The summed E-state index contributed by atoms with van der Waals surface area (Å²) in [6.07, 6.45) is 3.03. The molecule has 114 valence electrons. The molecular formula is C16H22N2O3. The van der Waals surface area contributed by atoms with Gasteiger partial charge in [-0.1, -0.05) is 18.2 Å². The molecular weight excluding hydrogens is 268 g/mol. The van der Waals surface area contributed by atoms with Gasteiger partial charge in [0.05, 0.1) is 0 Å². The number of carbonyl (C=O) groups is 2. The number of piperidine rings is 1. The van der Waals surface area contributed by atoms with Crippen molar-refractivity contribution in [3.8, 4) is 0 Å². The Morgan fingerprint density at radius 3 is 2.81 bits per heavy atom. The van der Waals surface area contributed by atoms with E-state index in [4.69, 9.17) is 0 Å². The van der Waals surface area contributed by atoms with Crippen LogP contribution in [-0.2, 0) is 11.2 Å². The van der Waals surface area contributed by atoms with Crippen molar-refractivity contribution in [2.24, 2.45) is 0 Å². The average Bonchev–Trinajstić information content (AvgIpc) is 2.52. The molecule has 1 aliphatic rings. The van der Waals surface area contributed by atoms with Crippen LogP contribution in [0.25, 0.3) is 0 Å². The number of rotatable bonds is 5. The fourth-order valence-electron chi connectivity index (χ4n) is 2.79. The predicted molar refractivity (Wildman–Crippen MR) is 80.4 cm³/mol. The highest BCUT2D eigenvalue weighted by Gasteiger charge is 2.32. The molecule has 0 aromatic heterocycles. The minimum absolute atomic E-state index is 0.159. The highest BCUT2D eigenvalue weighted by Crippen LogP contribution is 2.21. The molecule has 5 nitrogen and oxygen atoms in total. The van der Waals surface area contributed by atoms with Crippen molar-refractivity contribution in [3.05, 3.63) is 35.4 Å². The summed E-state index contributed by atoms with van der Waals surface area (Å²) in [7, 11) is 1.87. The third kappa shape index (κ3) is 3.61. The van der Waals surface area contributed by atoms with Gasteiger partial charge in [-0.3, -0.25) is 4.79 Å². The zero-order valence-corrected chi connectivity index (χ0v) is 12.3. The van der Waals surface area contributed by atoms with Gasteiger partial charge in [0.1, 0.15) is 6.04 Å². The topological polar surface area (TPSA) is 69.6 Å². The van der Waals surface area contributed by atoms with Gasteiger partial charge in [0.15, 0.2) is 0 Å². The quantitative estimate of drug-likeness (QED) is 0.863. The summed E-state index contributed by atoms with van der Waals surface area (Å²) < 4.78 is 0. The fraction of sp³-hybridized carbons (Fsp3) is 0.500. The Hall–Kier alpha value is -1.88. The third-order valence-electron chi connectivity index (χ3n) is 3.94. The summed E-state index contributed by atoms with van der Waals surface area (Å²) in [6.45, 7) is 1.31. The van der Waals surface area contributed by atoms with Crippen LogP contribution >= 0.6 is 0 Å². The highest BCUT2D eigenvalue weighted by molar-refractivity contribution is 5.98. The number of benzene rings is 1. The summed E-state index contributed by atoms with van der Waals surface area (Å²) in [5, 5.41) is 12.4. The van der Waals surface area contributed by atoms with E-state index in [9.17, 15) is 14.7 Å². The molecule has 0 bridgehead atoms. The Kier molecular flexibility index (Phi) is 5.33. The number of aliphatic carboxylic acids is 1. The number of nitrogens with one attached hydrogen (secondary N) is 1. The van der Waals surface area contributed by atoms with Gasteiger partial charge in [0, 0.05) is 12.1 Å². The second-order valence-electron chi connectivity index (χ2n) is 5.36. The van der Waals surface area contributed by atoms with Gasteiger partial charge in [-0.05, 0) is 50.9 Å². The largest absolute Gasteiger partial charge is 0.480 e. The number of hydrogen-bond acceptors (Lipinski definition) is 3. The molecule has 1 heterocycles. The second kappa shape index (κ2) is 7.22. The maximum Gasteiger partial charge on any atom is 0.326 e. The van der Waals surface area contributed by atoms with Crippen LogP contribution in [0.1, 0.15) is 35.2 Å². The lowest BCUT2D eigenvalue weighted by molar-refractivity contribution is -0.143. The molecule has 1 aromatic carbocycles. The van der Waals surface area contributed by atoms with Crippen molar-refractivity contribution in [1.29, 1.82) is 0 Å². The number of likely N-dealkylation sites (N-methyl/N-ethyl adjacent to an activating group) is 1. The van der Waals surface area contributed by atoms with E-state index >= 15 is 0 Å². The van der Waals surface area contributed by atoms with Crippen molar-refractivity contribution in [2.75, 3.05) is 20.1 Å². The molecule has 1 aliphatic heterocycles. The predicted octanol–water partition coefficient (Wildman–Crippen LogP) is 1.53. The summed E-state index contributed by atoms with van der Waals surface area (Å²) in [5.74, 6) is -1.07. The Labute approximate surface area is 125 Å². The SMILES string of the molecule is CNCCc1ccccc1C(=O)N1CCCC[C@H]1C(=O)O. The molecule has 1 fully saturated rings. The molecule has 1 aromatic rings. The summed E-state index contributed by atoms with van der Waals surface area (Å²) in [5.41, 5.74) is 1.59. The van der Waals surface area contributed by atoms with Crippen molar-refractivity contribution < 1.29 is 14.7 Å². The molecule has 0 saturated carbocycles. The van der Waals surface area contributed by atoms with E-state index in [-0.39, 0.29) is 5.91 Å². The van der Waals surface area contributed by atoms with Gasteiger partial charge in [0.25, 0.3) is 5.91 Å². The first-order chi connectivity index (χ1) is 10.1. The lowest BCUT2D eigenvalue weighted by Crippen LogP contribution is -2.48. The van der Waals surface area contributed by atoms with Crippen LogP contribution in [0.5, 0.6) is 0 Å². The Morgan fingerprint density at radius 1 is 1.33 bits per heavy atom. The van der Waals surface area contributed by atoms with Gasteiger partial charge < -0.3 is 15.3 Å². The number of carboxylic acids is 1. The number of amides is 1. The lowest BCUT2D eigenvalue weighted by atomic mass is 9.98. The van der Waals surface area contributed by atoms with E-state index in [0.717, 1.165) is 31.4 Å². The van der Waals surface area contributed by atoms with Gasteiger partial charge in [-0.15, -0.1) is 0 Å². The van der Waals surface area contributed by atoms with Crippen molar-refractivity contribution in [3.63, 3.8) is 0 Å². The lowest BCUT2D eigenvalue weighted by Gasteiger charge is -2.33. The van der Waals surface area contributed by atoms with Crippen molar-refractivity contribution in [2.45, 2.75) is 31.7 Å². The zero-order valence-electron chi connectivity index (χ0n) is 12.3. The molecule has 0 radical (unpaired) electrons. The molecule has 1 saturated heterocycles. The van der Waals surface area contributed by atoms with E-state index in [0.29, 0.717) is 18.5 Å². The molecule has 0 aliphatic carbocycles. The molecule has 2 N–H and O–H groups in total. The molecule has 1 amide bonds. The number of hydrogen-bond donors (Lipinski definition) is 2. The first-order valence-electron chi connectivity index (χ1n) is 7.41. The Balaban J connectivity index is 2.24. The van der Waals surface area contributed by atoms with Crippen LogP contribution in [-0.4, -0.2) is 48.1 Å². The summed E-state index contributed by atoms with van der Waals surface area (Å²) >= 11 is 0. The smallest absolute Gasteiger partial charge is 0.326 e. The summed E-state index contributed by atoms with van der Waals surface area (Å²) in [6, 6.07) is 6.77. The molecule has 21 heavy (non-hydrogen) atoms. The van der Waals surface area contributed by atoms with E-state index in [1.165, 1.54) is 4.90 Å². The average molecular weight is 290 g/mol. The van der Waals surface area contributed by atoms with Crippen LogP contribution in [0, 0.1) is 0 Å². The van der Waals surface area contributed by atoms with Gasteiger partial charge >= 0.3 is 5.97 Å². The third-order valence-corrected chi connectivity index (χ3v) is 3.94. The number of likely N-dealkylation sites (tertiary alicyclic amines) is 1. The van der Waals surface area contributed by atoms with Crippen LogP contribution in [0.15, 0.2) is 24.3 Å². The van der Waals surface area contributed by atoms with Crippen molar-refractivity contribution in [1.82, 2.24) is 10.2 Å². The first kappa shape index (κ1) is 15.5. The first-order valence-corrected chi connectivity index (χ1v) is 7.41. The normalized spacial score (nSPS) is 18.5. The van der Waals surface area contributed by atoms with E-state index in [2.05, 4.69) is 5.32 Å². The van der Waals surface area contributed by atoms with Gasteiger partial charge in [-0.2, -0.15) is 0 Å². The minimum Gasteiger partial charge on any atom is -0.480 e. The molecule has 2 rings (SSSR count). The number of carboxylic acid groups (broad SMARTS) is 1. The van der Waals surface area contributed by atoms with Crippen molar-refractivity contribution >= 4 is 11.9 Å². The Morgan fingerprint density at radius 2 is 2.10 bits per heavy atom. The Bertz CT molecular complexity index is 516. The molecule has 1 atom stereocenters. The highest BCUT2D eigenvalue weighted by atomic mass is 16.4. The fourth-order valence-corrected chi connectivity index (χ4v) is 2.79. The second-order valence-corrected chi connectivity index (χ2v) is 5.36. The van der Waals surface area contributed by atoms with Crippen LogP contribution in [0.3, 0.4) is 0 Å². The molecule has 0 spiro atoms. The van der Waals surface area contributed by atoms with Crippen LogP contribution < -0.4 is 5.32 Å². The van der Waals surface area contributed by atoms with Crippen LogP contribution in [0.2, 0.25) is 0 Å². The zero-order chi connectivity index (χ0) is 15.2. The number of carbonyl (C=O) groups excluding carboxylic acids is 1. The van der Waals surface area contributed by atoms with Crippen LogP contribution in [0.4, 0.5) is 0 Å². The molecule has 5 heteroatoms. The van der Waals surface area contributed by atoms with Gasteiger partial charge in [0.2, 0.25) is 0 Å². The van der Waals surface area contributed by atoms with Gasteiger partial charge in [-0.25, -0.2) is 4.79 Å². The standard InChI is InChI=1S/C16H22N2O3/c1-17-10-9-12-6-2-3-7-13(12)15(19)18-11-5-4-8-14(18)16(20)21/h2-3,6-7,14,17H,4-5,8-11H2,1H3,(H,20,21)/t14-/m0/s1. The van der Waals surface area contributed by atoms with E-state index in [1.54, 1.807) is 6.07 Å². The summed E-state index contributed by atoms with van der Waals surface area (Å²) in [4.78, 5) is 25.6. The monoisotopic (exact) mass is 290 g/mol. The van der Waals surface area contributed by atoms with E-state index in [1.807, 2.05) is 25.2 Å². The number of nitrogens with zero attached hydrogens (tertiary/aromatic N) is 1. The maximum absolute atomic E-state index is 12.7. The maximum atomic E-state index is 12.7.